The smallest absolute Gasteiger partial charge is 0.197 e. The van der Waals surface area contributed by atoms with E-state index in [2.05, 4.69) is 23.1 Å². The Morgan fingerprint density at radius 2 is 2.15 bits per heavy atom. The lowest BCUT2D eigenvalue weighted by molar-refractivity contribution is 0.414. The van der Waals surface area contributed by atoms with Crippen LogP contribution in [0.15, 0.2) is 55.3 Å². The van der Waals surface area contributed by atoms with Crippen LogP contribution in [0.5, 0.6) is 5.75 Å². The van der Waals surface area contributed by atoms with Crippen molar-refractivity contribution in [1.82, 2.24) is 9.97 Å². The highest BCUT2D eigenvalue weighted by Crippen LogP contribution is 2.31. The zero-order valence-electron chi connectivity index (χ0n) is 11.6. The maximum absolute atomic E-state index is 5.67. The number of hydrogen-bond acceptors (Lipinski definition) is 3. The van der Waals surface area contributed by atoms with Gasteiger partial charge in [-0.1, -0.05) is 36.9 Å². The molecule has 104 valence electrons. The van der Waals surface area contributed by atoms with E-state index in [1.807, 2.05) is 24.3 Å². The van der Waals surface area contributed by atoms with Crippen molar-refractivity contribution in [2.24, 2.45) is 0 Å². The molecule has 0 aliphatic heterocycles. The van der Waals surface area contributed by atoms with Gasteiger partial charge in [0.2, 0.25) is 0 Å². The Kier molecular flexibility index (Phi) is 4.25. The molecule has 0 aliphatic rings. The molecule has 1 aromatic carbocycles. The molecule has 2 rings (SSSR count). The van der Waals surface area contributed by atoms with E-state index in [4.69, 9.17) is 10.5 Å². The molecular formula is C16H19N3O. The average molecular weight is 269 g/mol. The number of allylic oxidation sites excluding steroid dienone is 2. The van der Waals surface area contributed by atoms with Gasteiger partial charge in [-0.3, -0.25) is 0 Å². The van der Waals surface area contributed by atoms with Crippen LogP contribution in [-0.2, 0) is 0 Å². The van der Waals surface area contributed by atoms with Crippen molar-refractivity contribution < 1.29 is 4.74 Å². The summed E-state index contributed by atoms with van der Waals surface area (Å²) >= 11 is 0. The van der Waals surface area contributed by atoms with Crippen LogP contribution in [-0.4, -0.2) is 17.1 Å². The number of H-pyrrole nitrogens is 1. The first kappa shape index (κ1) is 13.9. The van der Waals surface area contributed by atoms with E-state index < -0.39 is 0 Å². The second kappa shape index (κ2) is 6.10. The van der Waals surface area contributed by atoms with E-state index in [-0.39, 0.29) is 5.92 Å². The normalized spacial score (nSPS) is 11.8. The van der Waals surface area contributed by atoms with Gasteiger partial charge in [-0.2, -0.15) is 0 Å². The minimum Gasteiger partial charge on any atom is -0.497 e. The third kappa shape index (κ3) is 3.09. The Labute approximate surface area is 119 Å². The molecule has 0 aliphatic carbocycles. The molecule has 0 saturated heterocycles. The molecule has 3 N–H and O–H groups in total. The third-order valence-corrected chi connectivity index (χ3v) is 3.26. The Balaban J connectivity index is 2.34. The minimum absolute atomic E-state index is 0.121. The number of nitrogen functional groups attached to an aromatic ring is 1. The van der Waals surface area contributed by atoms with Gasteiger partial charge in [0.25, 0.3) is 0 Å². The van der Waals surface area contributed by atoms with Crippen LogP contribution in [0, 0.1) is 0 Å². The second-order valence-corrected chi connectivity index (χ2v) is 4.62. The highest BCUT2D eigenvalue weighted by atomic mass is 16.5. The summed E-state index contributed by atoms with van der Waals surface area (Å²) in [5.74, 6) is 1.37. The number of nitrogens with two attached hydrogens (primary N) is 1. The predicted octanol–water partition coefficient (Wildman–Crippen LogP) is 3.26. The number of anilines is 1. The van der Waals surface area contributed by atoms with Crippen LogP contribution in [0.4, 0.5) is 5.95 Å². The van der Waals surface area contributed by atoms with Gasteiger partial charge in [-0.05, 0) is 24.1 Å². The average Bonchev–Trinajstić information content (AvgIpc) is 2.91. The molecule has 20 heavy (non-hydrogen) atoms. The number of hydrogen-bond donors (Lipinski definition) is 2. The number of ether oxygens (including phenoxy) is 1. The maximum Gasteiger partial charge on any atom is 0.197 e. The largest absolute Gasteiger partial charge is 0.497 e. The van der Waals surface area contributed by atoms with Gasteiger partial charge in [0, 0.05) is 11.6 Å². The molecule has 1 atom stereocenters. The summed E-state index contributed by atoms with van der Waals surface area (Å²) in [6, 6.07) is 7.96. The summed E-state index contributed by atoms with van der Waals surface area (Å²) in [5, 5.41) is 0. The number of benzene rings is 1. The van der Waals surface area contributed by atoms with Gasteiger partial charge >= 0.3 is 0 Å². The Hall–Kier alpha value is -2.49. The first-order valence-corrected chi connectivity index (χ1v) is 6.38. The van der Waals surface area contributed by atoms with E-state index in [1.165, 1.54) is 0 Å². The predicted molar refractivity (Wildman–Crippen MR) is 81.8 cm³/mol. The van der Waals surface area contributed by atoms with Crippen molar-refractivity contribution in [3.8, 4) is 5.75 Å². The number of nitrogens with zero attached hydrogens (tertiary/aromatic N) is 1. The SMILES string of the molecule is C=CC(=C)CC(c1ccc(OC)cc1)c1cnc(N)[nH]1. The van der Waals surface area contributed by atoms with Crippen LogP contribution in [0.3, 0.4) is 0 Å². The third-order valence-electron chi connectivity index (χ3n) is 3.26. The lowest BCUT2D eigenvalue weighted by Crippen LogP contribution is -2.03. The number of rotatable bonds is 6. The molecule has 0 spiro atoms. The molecule has 0 amide bonds. The van der Waals surface area contributed by atoms with Crippen molar-refractivity contribution in [3.63, 3.8) is 0 Å². The fraction of sp³-hybridized carbons (Fsp3) is 0.188. The fourth-order valence-electron chi connectivity index (χ4n) is 2.12. The molecule has 2 aromatic rings. The van der Waals surface area contributed by atoms with E-state index in [0.29, 0.717) is 5.95 Å². The highest BCUT2D eigenvalue weighted by molar-refractivity contribution is 5.36. The number of aromatic nitrogens is 2. The Bertz CT molecular complexity index is 598. The summed E-state index contributed by atoms with van der Waals surface area (Å²) in [6.45, 7) is 7.76. The molecule has 4 heteroatoms. The van der Waals surface area contributed by atoms with Crippen molar-refractivity contribution in [1.29, 1.82) is 0 Å². The zero-order chi connectivity index (χ0) is 14.5. The lowest BCUT2D eigenvalue weighted by Gasteiger charge is -2.16. The Morgan fingerprint density at radius 3 is 2.65 bits per heavy atom. The van der Waals surface area contributed by atoms with Gasteiger partial charge in [0.15, 0.2) is 5.95 Å². The molecule has 0 radical (unpaired) electrons. The topological polar surface area (TPSA) is 63.9 Å². The van der Waals surface area contributed by atoms with Crippen molar-refractivity contribution in [3.05, 3.63) is 66.5 Å². The molecular weight excluding hydrogens is 250 g/mol. The first-order valence-electron chi connectivity index (χ1n) is 6.38. The fourth-order valence-corrected chi connectivity index (χ4v) is 2.12. The number of aromatic amines is 1. The minimum atomic E-state index is 0.121. The monoisotopic (exact) mass is 269 g/mol. The van der Waals surface area contributed by atoms with Gasteiger partial charge < -0.3 is 15.5 Å². The van der Waals surface area contributed by atoms with Crippen LogP contribution in [0.2, 0.25) is 0 Å². The van der Waals surface area contributed by atoms with E-state index in [0.717, 1.165) is 29.0 Å². The van der Waals surface area contributed by atoms with Crippen LogP contribution in [0.25, 0.3) is 0 Å². The zero-order valence-corrected chi connectivity index (χ0v) is 11.6. The van der Waals surface area contributed by atoms with Crippen molar-refractivity contribution in [2.75, 3.05) is 12.8 Å². The highest BCUT2D eigenvalue weighted by Gasteiger charge is 2.17. The van der Waals surface area contributed by atoms with Crippen LogP contribution < -0.4 is 10.5 Å². The van der Waals surface area contributed by atoms with Crippen molar-refractivity contribution in [2.45, 2.75) is 12.3 Å². The molecule has 1 aromatic heterocycles. The molecule has 1 unspecified atom stereocenters. The molecule has 4 nitrogen and oxygen atoms in total. The standard InChI is InChI=1S/C16H19N3O/c1-4-11(2)9-14(15-10-18-16(17)19-15)12-5-7-13(20-3)8-6-12/h4-8,10,14H,1-2,9H2,3H3,(H3,17,18,19). The van der Waals surface area contributed by atoms with Gasteiger partial charge in [-0.15, -0.1) is 0 Å². The molecule has 0 bridgehead atoms. The van der Waals surface area contributed by atoms with Gasteiger partial charge in [-0.25, -0.2) is 4.98 Å². The summed E-state index contributed by atoms with van der Waals surface area (Å²) in [6.07, 6.45) is 4.30. The lowest BCUT2D eigenvalue weighted by atomic mass is 9.90. The summed E-state index contributed by atoms with van der Waals surface area (Å²) in [4.78, 5) is 7.16. The van der Waals surface area contributed by atoms with Gasteiger partial charge in [0.1, 0.15) is 5.75 Å². The number of nitrogens with one attached hydrogen (secondary N) is 1. The number of imidazole rings is 1. The Morgan fingerprint density at radius 1 is 1.45 bits per heavy atom. The first-order chi connectivity index (χ1) is 9.63. The molecule has 0 fully saturated rings. The summed E-state index contributed by atoms with van der Waals surface area (Å²) in [5.41, 5.74) is 8.76. The van der Waals surface area contributed by atoms with E-state index in [9.17, 15) is 0 Å². The maximum atomic E-state index is 5.67. The van der Waals surface area contributed by atoms with Crippen molar-refractivity contribution >= 4 is 5.95 Å². The summed E-state index contributed by atoms with van der Waals surface area (Å²) < 4.78 is 5.19. The van der Waals surface area contributed by atoms with Gasteiger partial charge in [0.05, 0.1) is 13.3 Å². The van der Waals surface area contributed by atoms with E-state index in [1.54, 1.807) is 19.4 Å². The molecule has 1 heterocycles. The van der Waals surface area contributed by atoms with Crippen LogP contribution in [0.1, 0.15) is 23.6 Å². The van der Waals surface area contributed by atoms with Crippen LogP contribution >= 0.6 is 0 Å². The quantitative estimate of drug-likeness (QED) is 0.791. The second-order valence-electron chi connectivity index (χ2n) is 4.62. The van der Waals surface area contributed by atoms with E-state index >= 15 is 0 Å². The molecule has 0 saturated carbocycles. The summed E-state index contributed by atoms with van der Waals surface area (Å²) in [7, 11) is 1.65. The number of methoxy groups -OCH3 is 1.